The van der Waals surface area contributed by atoms with Crippen LogP contribution in [0.5, 0.6) is 17.2 Å². The molecule has 1 aromatic carbocycles. The van der Waals surface area contributed by atoms with E-state index in [1.165, 1.54) is 0 Å². The minimum Gasteiger partial charge on any atom is -0.492 e. The summed E-state index contributed by atoms with van der Waals surface area (Å²) in [5.41, 5.74) is 2.14. The highest BCUT2D eigenvalue weighted by atomic mass is 16.7. The summed E-state index contributed by atoms with van der Waals surface area (Å²) in [6, 6.07) is 1.90. The van der Waals surface area contributed by atoms with Gasteiger partial charge in [-0.15, -0.1) is 0 Å². The molecule has 0 unspecified atom stereocenters. The maximum absolute atomic E-state index is 12.9. The smallest absolute Gasteiger partial charge is 0.231 e. The number of benzene rings is 1. The van der Waals surface area contributed by atoms with Crippen LogP contribution in [0.15, 0.2) is 6.07 Å². The average molecular weight is 359 g/mol. The highest BCUT2D eigenvalue weighted by molar-refractivity contribution is 6.03. The largest absolute Gasteiger partial charge is 0.492 e. The van der Waals surface area contributed by atoms with E-state index in [0.717, 1.165) is 36.9 Å². The molecule has 0 radical (unpaired) electrons. The van der Waals surface area contributed by atoms with E-state index >= 15 is 0 Å². The van der Waals surface area contributed by atoms with E-state index in [1.807, 2.05) is 13.1 Å². The van der Waals surface area contributed by atoms with Gasteiger partial charge in [-0.2, -0.15) is 0 Å². The van der Waals surface area contributed by atoms with Gasteiger partial charge >= 0.3 is 0 Å². The standard InChI is InChI=1S/C20H25NO5/c1-21-8-7-12-9-17-19(26-11-25-17)20(24-2)18(12)14(21)10-16(23)13-5-3-4-6-15(13)22/h9,13-14H,3-8,10-11H2,1-2H3/t13-,14-/m0/s1. The molecular formula is C20H25NO5. The van der Waals surface area contributed by atoms with E-state index in [1.54, 1.807) is 7.11 Å². The van der Waals surface area contributed by atoms with Gasteiger partial charge in [-0.1, -0.05) is 6.42 Å². The quantitative estimate of drug-likeness (QED) is 0.770. The second-order valence-corrected chi connectivity index (χ2v) is 7.40. The van der Waals surface area contributed by atoms with Crippen LogP contribution in [0.3, 0.4) is 0 Å². The molecule has 2 heterocycles. The summed E-state index contributed by atoms with van der Waals surface area (Å²) < 4.78 is 16.8. The molecule has 6 nitrogen and oxygen atoms in total. The van der Waals surface area contributed by atoms with Gasteiger partial charge in [0, 0.05) is 31.0 Å². The summed E-state index contributed by atoms with van der Waals surface area (Å²) in [7, 11) is 3.64. The maximum atomic E-state index is 12.9. The number of hydrogen-bond donors (Lipinski definition) is 0. The lowest BCUT2D eigenvalue weighted by Crippen LogP contribution is -2.36. The number of carbonyl (C=O) groups excluding carboxylic acids is 2. The van der Waals surface area contributed by atoms with Crippen molar-refractivity contribution in [1.82, 2.24) is 4.90 Å². The van der Waals surface area contributed by atoms with Crippen molar-refractivity contribution in [3.8, 4) is 17.2 Å². The van der Waals surface area contributed by atoms with Crippen LogP contribution in [-0.2, 0) is 16.0 Å². The molecule has 6 heteroatoms. The lowest BCUT2D eigenvalue weighted by molar-refractivity contribution is -0.135. The summed E-state index contributed by atoms with van der Waals surface area (Å²) >= 11 is 0. The molecule has 26 heavy (non-hydrogen) atoms. The van der Waals surface area contributed by atoms with E-state index in [9.17, 15) is 9.59 Å². The van der Waals surface area contributed by atoms with Crippen molar-refractivity contribution in [2.45, 2.75) is 44.6 Å². The van der Waals surface area contributed by atoms with E-state index < -0.39 is 5.92 Å². The minimum atomic E-state index is -0.428. The Hall–Kier alpha value is -2.08. The van der Waals surface area contributed by atoms with Crippen LogP contribution in [0.4, 0.5) is 0 Å². The van der Waals surface area contributed by atoms with Gasteiger partial charge in [-0.05, 0) is 37.9 Å². The van der Waals surface area contributed by atoms with Crippen LogP contribution in [0.2, 0.25) is 0 Å². The van der Waals surface area contributed by atoms with Crippen molar-refractivity contribution in [3.05, 3.63) is 17.2 Å². The second kappa shape index (κ2) is 6.91. The van der Waals surface area contributed by atoms with Crippen molar-refractivity contribution in [2.75, 3.05) is 27.5 Å². The first-order valence-electron chi connectivity index (χ1n) is 9.35. The molecule has 0 bridgehead atoms. The van der Waals surface area contributed by atoms with Crippen molar-refractivity contribution in [1.29, 1.82) is 0 Å². The van der Waals surface area contributed by atoms with Crippen LogP contribution in [0, 0.1) is 5.92 Å². The Balaban J connectivity index is 1.67. The number of carbonyl (C=O) groups is 2. The molecule has 4 rings (SSSR count). The van der Waals surface area contributed by atoms with Gasteiger partial charge in [0.1, 0.15) is 11.6 Å². The molecule has 0 spiro atoms. The summed E-state index contributed by atoms with van der Waals surface area (Å²) in [4.78, 5) is 27.3. The van der Waals surface area contributed by atoms with Gasteiger partial charge in [0.25, 0.3) is 0 Å². The number of Topliss-reactive ketones (excluding diaryl/α,β-unsaturated/α-hetero) is 2. The van der Waals surface area contributed by atoms with Gasteiger partial charge < -0.3 is 14.2 Å². The lowest BCUT2D eigenvalue weighted by atomic mass is 9.80. The molecule has 0 N–H and O–H groups in total. The first kappa shape index (κ1) is 17.3. The normalized spacial score (nSPS) is 25.1. The monoisotopic (exact) mass is 359 g/mol. The molecule has 3 aliphatic rings. The van der Waals surface area contributed by atoms with Crippen LogP contribution in [0.25, 0.3) is 0 Å². The number of likely N-dealkylation sites (N-methyl/N-ethyl adjacent to an activating group) is 1. The summed E-state index contributed by atoms with van der Waals surface area (Å²) in [5.74, 6) is 1.72. The van der Waals surface area contributed by atoms with Crippen molar-refractivity contribution in [3.63, 3.8) is 0 Å². The molecule has 2 atom stereocenters. The van der Waals surface area contributed by atoms with Gasteiger partial charge in [0.15, 0.2) is 11.5 Å². The molecule has 140 valence electrons. The summed E-state index contributed by atoms with van der Waals surface area (Å²) in [5, 5.41) is 0. The number of hydrogen-bond acceptors (Lipinski definition) is 6. The minimum absolute atomic E-state index is 0.0547. The van der Waals surface area contributed by atoms with Crippen molar-refractivity contribution < 1.29 is 23.8 Å². The SMILES string of the molecule is COc1c2c(cc3c1[C@H](CC(=O)[C@H]1CCCCC1=O)N(C)CC3)OCO2. The third kappa shape index (κ3) is 2.86. The third-order valence-electron chi connectivity index (χ3n) is 5.88. The molecule has 0 amide bonds. The van der Waals surface area contributed by atoms with Gasteiger partial charge in [-0.25, -0.2) is 0 Å². The predicted octanol–water partition coefficient (Wildman–Crippen LogP) is 2.67. The topological polar surface area (TPSA) is 65.1 Å². The maximum Gasteiger partial charge on any atom is 0.231 e. The summed E-state index contributed by atoms with van der Waals surface area (Å²) in [6.45, 7) is 1.04. The van der Waals surface area contributed by atoms with E-state index in [-0.39, 0.29) is 24.4 Å². The Morgan fingerprint density at radius 2 is 2.15 bits per heavy atom. The Kier molecular flexibility index (Phi) is 4.61. The Morgan fingerprint density at radius 3 is 2.92 bits per heavy atom. The molecule has 0 saturated heterocycles. The first-order chi connectivity index (χ1) is 12.6. The second-order valence-electron chi connectivity index (χ2n) is 7.40. The fourth-order valence-corrected chi connectivity index (χ4v) is 4.44. The van der Waals surface area contributed by atoms with Gasteiger partial charge in [0.2, 0.25) is 12.5 Å². The van der Waals surface area contributed by atoms with Crippen LogP contribution in [0.1, 0.15) is 49.3 Å². The van der Waals surface area contributed by atoms with E-state index in [4.69, 9.17) is 14.2 Å². The zero-order valence-corrected chi connectivity index (χ0v) is 15.4. The Morgan fingerprint density at radius 1 is 1.31 bits per heavy atom. The molecule has 2 aliphatic heterocycles. The Bertz CT molecular complexity index is 744. The van der Waals surface area contributed by atoms with E-state index in [2.05, 4.69) is 4.90 Å². The fraction of sp³-hybridized carbons (Fsp3) is 0.600. The van der Waals surface area contributed by atoms with Crippen LogP contribution >= 0.6 is 0 Å². The predicted molar refractivity (Wildman–Crippen MR) is 94.8 cm³/mol. The molecule has 1 aliphatic carbocycles. The first-order valence-corrected chi connectivity index (χ1v) is 9.35. The molecule has 0 aromatic heterocycles. The summed E-state index contributed by atoms with van der Waals surface area (Å²) in [6.07, 6.45) is 4.30. The van der Waals surface area contributed by atoms with Crippen molar-refractivity contribution in [2.24, 2.45) is 5.92 Å². The highest BCUT2D eigenvalue weighted by Gasteiger charge is 2.37. The number of ether oxygens (including phenoxy) is 3. The molecule has 1 saturated carbocycles. The number of rotatable bonds is 4. The molecule has 1 fully saturated rings. The van der Waals surface area contributed by atoms with Crippen LogP contribution in [-0.4, -0.2) is 44.0 Å². The third-order valence-corrected chi connectivity index (χ3v) is 5.88. The Labute approximate surface area is 153 Å². The van der Waals surface area contributed by atoms with Crippen LogP contribution < -0.4 is 14.2 Å². The van der Waals surface area contributed by atoms with E-state index in [0.29, 0.717) is 36.5 Å². The number of methoxy groups -OCH3 is 1. The number of nitrogens with zero attached hydrogens (tertiary/aromatic N) is 1. The average Bonchev–Trinajstić information content (AvgIpc) is 3.10. The molecular weight excluding hydrogens is 334 g/mol. The number of fused-ring (bicyclic) bond motifs is 2. The lowest BCUT2D eigenvalue weighted by Gasteiger charge is -2.36. The zero-order valence-electron chi connectivity index (χ0n) is 15.4. The van der Waals surface area contributed by atoms with Crippen molar-refractivity contribution >= 4 is 11.6 Å². The fourth-order valence-electron chi connectivity index (χ4n) is 4.44. The number of ketones is 2. The molecule has 1 aromatic rings. The van der Waals surface area contributed by atoms with Gasteiger partial charge in [-0.3, -0.25) is 14.5 Å². The zero-order chi connectivity index (χ0) is 18.3. The van der Waals surface area contributed by atoms with Gasteiger partial charge in [0.05, 0.1) is 13.0 Å². The highest BCUT2D eigenvalue weighted by Crippen LogP contribution is 2.50.